The molecule has 0 bridgehead atoms. The molecule has 9 rings (SSSR count). The summed E-state index contributed by atoms with van der Waals surface area (Å²) in [6.07, 6.45) is 10.8. The smallest absolute Gasteiger partial charge is 0.369 e. The van der Waals surface area contributed by atoms with E-state index in [9.17, 15) is 38.0 Å². The monoisotopic (exact) mass is 1080 g/mol. The first-order valence-corrected chi connectivity index (χ1v) is 28.5. The lowest BCUT2D eigenvalue weighted by Gasteiger charge is -2.26. The van der Waals surface area contributed by atoms with E-state index in [-0.39, 0.29) is 59.8 Å². The lowest BCUT2D eigenvalue weighted by molar-refractivity contribution is -0.425. The summed E-state index contributed by atoms with van der Waals surface area (Å²) in [6, 6.07) is 25.3. The number of carbonyl (C=O) groups excluding carboxylic acids is 1. The van der Waals surface area contributed by atoms with Gasteiger partial charge in [0.25, 0.3) is 11.5 Å². The van der Waals surface area contributed by atoms with Crippen LogP contribution in [0.4, 0.5) is 17.3 Å². The van der Waals surface area contributed by atoms with Gasteiger partial charge in [-0.25, -0.2) is 13.7 Å². The summed E-state index contributed by atoms with van der Waals surface area (Å²) in [5, 5.41) is 7.69. The van der Waals surface area contributed by atoms with E-state index in [1.165, 1.54) is 32.3 Å². The van der Waals surface area contributed by atoms with Crippen molar-refractivity contribution in [1.82, 2.24) is 19.9 Å². The number of aromatic nitrogens is 3. The fourth-order valence-corrected chi connectivity index (χ4v) is 13.7. The highest BCUT2D eigenvalue weighted by atomic mass is 31.3. The largest absolute Gasteiger partial charge is 0.490 e. The number of hydrogen-bond acceptors (Lipinski definition) is 13. The van der Waals surface area contributed by atoms with Crippen LogP contribution in [0.2, 0.25) is 0 Å². The van der Waals surface area contributed by atoms with Crippen molar-refractivity contribution in [3.63, 3.8) is 0 Å². The van der Waals surface area contributed by atoms with Gasteiger partial charge in [-0.1, -0.05) is 98.5 Å². The number of fused-ring (bicyclic) bond motifs is 7. The topological polar surface area (TPSA) is 270 Å². The van der Waals surface area contributed by atoms with Crippen molar-refractivity contribution in [2.24, 2.45) is 0 Å². The molecule has 5 heterocycles. The van der Waals surface area contributed by atoms with Gasteiger partial charge in [-0.05, 0) is 78.9 Å². The van der Waals surface area contributed by atoms with Crippen molar-refractivity contribution in [2.75, 3.05) is 44.0 Å². The number of H-pyrrole nitrogens is 1. The summed E-state index contributed by atoms with van der Waals surface area (Å²) in [4.78, 5) is 65.4. The molecule has 3 aliphatic rings. The number of benzene rings is 4. The van der Waals surface area contributed by atoms with Crippen LogP contribution < -0.4 is 21.5 Å². The van der Waals surface area contributed by atoms with Gasteiger partial charge in [0.15, 0.2) is 11.4 Å². The fourth-order valence-electron chi connectivity index (χ4n) is 10.4. The number of allylic oxidation sites excluding steroid dienone is 6. The van der Waals surface area contributed by atoms with E-state index in [0.717, 1.165) is 34.3 Å². The zero-order chi connectivity index (χ0) is 53.7. The van der Waals surface area contributed by atoms with Crippen LogP contribution in [0.5, 0.6) is 0 Å². The van der Waals surface area contributed by atoms with Crippen molar-refractivity contribution in [1.29, 1.82) is 0 Å². The van der Waals surface area contributed by atoms with Crippen molar-refractivity contribution in [3.8, 4) is 11.8 Å². The lowest BCUT2D eigenvalue weighted by Crippen LogP contribution is -2.34. The Bertz CT molecular complexity index is 3700. The number of nitrogens with two attached hydrogens (primary N) is 1. The quantitative estimate of drug-likeness (QED) is 0.0229. The van der Waals surface area contributed by atoms with Gasteiger partial charge in [-0.3, -0.25) is 23.6 Å². The first-order valence-electron chi connectivity index (χ1n) is 24.0. The first kappa shape index (κ1) is 53.5. The number of carbonyl (C=O) groups is 1. The number of amides is 1. The van der Waals surface area contributed by atoms with E-state index in [2.05, 4.69) is 159 Å². The number of rotatable bonds is 16. The van der Waals surface area contributed by atoms with E-state index in [1.54, 1.807) is 6.20 Å². The van der Waals surface area contributed by atoms with Crippen LogP contribution in [0.15, 0.2) is 120 Å². The number of nitrogens with zero attached hydrogens (tertiary/aromatic N) is 4. The van der Waals surface area contributed by atoms with Gasteiger partial charge in [0.2, 0.25) is 18.2 Å². The molecule has 5 unspecified atom stereocenters. The molecule has 0 spiro atoms. The van der Waals surface area contributed by atoms with Gasteiger partial charge in [-0.15, -0.1) is 0 Å². The van der Waals surface area contributed by atoms with E-state index < -0.39 is 53.4 Å². The van der Waals surface area contributed by atoms with Crippen LogP contribution >= 0.6 is 23.5 Å². The second kappa shape index (κ2) is 20.7. The fraction of sp³-hybridized carbons (Fsp3) is 0.308. The molecule has 23 heteroatoms. The second-order valence-electron chi connectivity index (χ2n) is 19.1. The molecule has 0 radical (unpaired) electrons. The predicted octanol–water partition coefficient (Wildman–Crippen LogP) is 8.65. The molecular formula is C52H57N7O13P3+. The lowest BCUT2D eigenvalue weighted by atomic mass is 9.79. The van der Waals surface area contributed by atoms with Crippen molar-refractivity contribution in [3.05, 3.63) is 142 Å². The maximum Gasteiger partial charge on any atom is 0.490 e. The third-order valence-corrected chi connectivity index (χ3v) is 17.9. The molecule has 7 N–H and O–H groups in total. The predicted molar refractivity (Wildman–Crippen MR) is 286 cm³/mol. The average Bonchev–Trinajstić information content (AvgIpc) is 4.11. The number of phosphoric acid groups is 3. The Labute approximate surface area is 432 Å². The molecule has 6 aromatic rings. The van der Waals surface area contributed by atoms with E-state index >= 15 is 0 Å². The van der Waals surface area contributed by atoms with Gasteiger partial charge in [0, 0.05) is 54.4 Å². The summed E-state index contributed by atoms with van der Waals surface area (Å²) in [7, 11) is -15.3. The molecule has 1 fully saturated rings. The average molecular weight is 1080 g/mol. The van der Waals surface area contributed by atoms with E-state index in [0.29, 0.717) is 7.11 Å². The molecule has 2 aromatic heterocycles. The number of likely N-dealkylation sites (N-methyl/N-ethyl adjacent to an activating group) is 1. The number of hydrogen-bond donors (Lipinski definition) is 6. The Morgan fingerprint density at radius 3 is 2.31 bits per heavy atom. The standard InChI is InChI=1S/C52H56N7O13P3/c1-7-57-39-26-23-33-16-11-13-19-37(33)46(39)51(2,3)41(57)21-9-8-10-22-42-52(4,5)47-38-20-14-12-17-34(38)24-27-40(47)58(42)31-43(60)54-29-15-18-35-30-59(48-45(35)49(61)56-50(53)55-48)44-28-25-36(70-44)32-69-74(64,65)72-75(66,67)71-73(62,63)68-6/h8-14,16-17,19-24,26-27,30,36,44H,7,25,28-29,31-32H2,1-6H3,(H6-,53,54,55,56,60,61,62,63,64,65,66,67)/p+1. The SMILES string of the molecule is CCN1/C(=C/C=C/C=C/C2=[N+](CC(=O)NCC#Cc3cn(C4CCC(COP(=O)(O)OP(=O)(O)OP(=O)(O)OC)O4)c4nc(N)[nH]c(=O)c34)c3ccc4ccccc4c3C2(C)C)C(C)(C)c2c1ccc1ccccc21. The van der Waals surface area contributed by atoms with Crippen LogP contribution in [0.25, 0.3) is 32.6 Å². The Morgan fingerprint density at radius 2 is 1.60 bits per heavy atom. The van der Waals surface area contributed by atoms with Crippen LogP contribution in [-0.4, -0.2) is 84.9 Å². The minimum absolute atomic E-state index is 0.00860. The van der Waals surface area contributed by atoms with Gasteiger partial charge >= 0.3 is 23.5 Å². The number of anilines is 2. The molecule has 75 heavy (non-hydrogen) atoms. The van der Waals surface area contributed by atoms with E-state index in [1.807, 2.05) is 28.9 Å². The summed E-state index contributed by atoms with van der Waals surface area (Å²) >= 11 is 0. The Kier molecular flexibility index (Phi) is 14.8. The number of nitrogen functional groups attached to an aromatic ring is 1. The first-order chi connectivity index (χ1) is 35.5. The number of ether oxygens (including phenoxy) is 1. The molecular weight excluding hydrogens is 1020 g/mol. The minimum Gasteiger partial charge on any atom is -0.369 e. The van der Waals surface area contributed by atoms with Gasteiger partial charge in [-0.2, -0.15) is 18.2 Å². The Hall–Kier alpha value is -6.29. The summed E-state index contributed by atoms with van der Waals surface area (Å²) in [5.41, 5.74) is 11.7. The minimum atomic E-state index is -5.60. The zero-order valence-electron chi connectivity index (χ0n) is 41.9. The molecule has 392 valence electrons. The summed E-state index contributed by atoms with van der Waals surface area (Å²) in [6.45, 7) is 11.2. The summed E-state index contributed by atoms with van der Waals surface area (Å²) in [5.74, 6) is 5.46. The van der Waals surface area contributed by atoms with Gasteiger partial charge in [0.1, 0.15) is 6.23 Å². The Morgan fingerprint density at radius 1 is 0.920 bits per heavy atom. The number of nitrogens with one attached hydrogen (secondary N) is 2. The van der Waals surface area contributed by atoms with Crippen molar-refractivity contribution >= 4 is 85.0 Å². The maximum atomic E-state index is 13.9. The molecule has 1 saturated heterocycles. The highest BCUT2D eigenvalue weighted by Crippen LogP contribution is 2.67. The van der Waals surface area contributed by atoms with Crippen LogP contribution in [-0.2, 0) is 51.7 Å². The normalized spacial score (nSPS) is 20.9. The molecule has 5 atom stereocenters. The summed E-state index contributed by atoms with van der Waals surface area (Å²) < 4.78 is 62.5. The van der Waals surface area contributed by atoms with Crippen molar-refractivity contribution < 1.29 is 60.2 Å². The molecule has 0 saturated carbocycles. The Balaban J connectivity index is 0.915. The molecule has 1 amide bonds. The maximum absolute atomic E-state index is 13.9. The van der Waals surface area contributed by atoms with Crippen LogP contribution in [0.3, 0.4) is 0 Å². The number of phosphoric ester groups is 2. The molecule has 0 aliphatic carbocycles. The highest BCUT2D eigenvalue weighted by Gasteiger charge is 2.47. The molecule has 4 aromatic carbocycles. The highest BCUT2D eigenvalue weighted by molar-refractivity contribution is 7.66. The van der Waals surface area contributed by atoms with Gasteiger partial charge < -0.3 is 39.9 Å². The third kappa shape index (κ3) is 10.8. The molecule has 20 nitrogen and oxygen atoms in total. The zero-order valence-corrected chi connectivity index (χ0v) is 44.6. The van der Waals surface area contributed by atoms with E-state index in [4.69, 9.17) is 15.0 Å². The van der Waals surface area contributed by atoms with Gasteiger partial charge in [0.05, 0.1) is 35.6 Å². The molecule has 3 aliphatic heterocycles. The second-order valence-corrected chi connectivity index (χ2v) is 23.9. The number of aromatic amines is 1. The van der Waals surface area contributed by atoms with Crippen LogP contribution in [0, 0.1) is 11.8 Å². The van der Waals surface area contributed by atoms with Crippen LogP contribution in [0.1, 0.15) is 70.4 Å². The third-order valence-electron chi connectivity index (χ3n) is 13.6. The van der Waals surface area contributed by atoms with Crippen molar-refractivity contribution in [2.45, 2.75) is 70.6 Å².